The first kappa shape index (κ1) is 20.9. The summed E-state index contributed by atoms with van der Waals surface area (Å²) in [5, 5.41) is 7.39. The average molecular weight is 446 g/mol. The van der Waals surface area contributed by atoms with E-state index >= 15 is 0 Å². The van der Waals surface area contributed by atoms with Crippen LogP contribution in [0.5, 0.6) is 5.75 Å². The molecule has 0 saturated carbocycles. The lowest BCUT2D eigenvalue weighted by Crippen LogP contribution is -2.15. The Balaban J connectivity index is 1.38. The van der Waals surface area contributed by atoms with E-state index in [4.69, 9.17) is 9.72 Å². The molecule has 0 spiro atoms. The zero-order chi connectivity index (χ0) is 23.1. The van der Waals surface area contributed by atoms with Crippen LogP contribution in [-0.4, -0.2) is 11.0 Å². The third-order valence-corrected chi connectivity index (χ3v) is 7.20. The fraction of sp³-hybridized carbons (Fsp3) is 0.226. The smallest absolute Gasteiger partial charge is 0.311 e. The molecule has 6 rings (SSSR count). The molecular weight excluding hydrogens is 418 g/mol. The van der Waals surface area contributed by atoms with Crippen LogP contribution in [0.25, 0.3) is 32.3 Å². The molecule has 1 aromatic heterocycles. The summed E-state index contributed by atoms with van der Waals surface area (Å²) in [7, 11) is 0. The second kappa shape index (κ2) is 8.57. The SMILES string of the molecule is CCCC(=O)Oc1cnc(C2CCc3c(ccc4c3ccc3ccccc34)C2)c2ccccc12. The van der Waals surface area contributed by atoms with Gasteiger partial charge < -0.3 is 4.74 Å². The van der Waals surface area contributed by atoms with Crippen molar-refractivity contribution in [3.63, 3.8) is 0 Å². The lowest BCUT2D eigenvalue weighted by Gasteiger charge is -2.27. The summed E-state index contributed by atoms with van der Waals surface area (Å²) < 4.78 is 5.65. The van der Waals surface area contributed by atoms with Crippen molar-refractivity contribution >= 4 is 38.3 Å². The molecule has 1 aliphatic rings. The van der Waals surface area contributed by atoms with Gasteiger partial charge in [0.05, 0.1) is 11.9 Å². The molecule has 5 aromatic rings. The highest BCUT2D eigenvalue weighted by molar-refractivity contribution is 6.08. The number of nitrogens with zero attached hydrogens (tertiary/aromatic N) is 1. The zero-order valence-corrected chi connectivity index (χ0v) is 19.4. The molecule has 1 unspecified atom stereocenters. The number of esters is 1. The van der Waals surface area contributed by atoms with Gasteiger partial charge in [-0.05, 0) is 58.4 Å². The molecule has 0 amide bonds. The number of aryl methyl sites for hydroxylation is 1. The first-order valence-corrected chi connectivity index (χ1v) is 12.2. The van der Waals surface area contributed by atoms with E-state index in [0.29, 0.717) is 18.1 Å². The number of rotatable bonds is 4. The highest BCUT2D eigenvalue weighted by Crippen LogP contribution is 2.40. The molecule has 1 heterocycles. The highest BCUT2D eigenvalue weighted by atomic mass is 16.5. The molecular formula is C31H27NO2. The summed E-state index contributed by atoms with van der Waals surface area (Å²) in [5.74, 6) is 0.704. The van der Waals surface area contributed by atoms with Gasteiger partial charge in [-0.1, -0.05) is 79.7 Å². The second-order valence-corrected chi connectivity index (χ2v) is 9.30. The quantitative estimate of drug-likeness (QED) is 0.212. The molecule has 1 aliphatic carbocycles. The van der Waals surface area contributed by atoms with E-state index in [1.54, 1.807) is 6.20 Å². The van der Waals surface area contributed by atoms with Gasteiger partial charge in [-0.15, -0.1) is 0 Å². The van der Waals surface area contributed by atoms with Crippen molar-refractivity contribution in [1.29, 1.82) is 0 Å². The third kappa shape index (κ3) is 3.52. The number of benzene rings is 4. The highest BCUT2D eigenvalue weighted by Gasteiger charge is 2.25. The Morgan fingerprint density at radius 2 is 1.65 bits per heavy atom. The average Bonchev–Trinajstić information content (AvgIpc) is 2.88. The van der Waals surface area contributed by atoms with Crippen LogP contribution in [0.1, 0.15) is 48.9 Å². The molecule has 0 radical (unpaired) electrons. The third-order valence-electron chi connectivity index (χ3n) is 7.20. The summed E-state index contributed by atoms with van der Waals surface area (Å²) >= 11 is 0. The Morgan fingerprint density at radius 1 is 0.882 bits per heavy atom. The number of ether oxygens (including phenoxy) is 1. The first-order valence-electron chi connectivity index (χ1n) is 12.2. The van der Waals surface area contributed by atoms with E-state index in [0.717, 1.165) is 42.1 Å². The largest absolute Gasteiger partial charge is 0.424 e. The normalized spacial score (nSPS) is 15.5. The van der Waals surface area contributed by atoms with E-state index in [-0.39, 0.29) is 5.97 Å². The summed E-state index contributed by atoms with van der Waals surface area (Å²) in [6.07, 6.45) is 6.01. The number of hydrogen-bond donors (Lipinski definition) is 0. The zero-order valence-electron chi connectivity index (χ0n) is 19.4. The van der Waals surface area contributed by atoms with Crippen LogP contribution in [0, 0.1) is 0 Å². The van der Waals surface area contributed by atoms with Gasteiger partial charge in [-0.25, -0.2) is 0 Å². The lowest BCUT2D eigenvalue weighted by atomic mass is 9.79. The summed E-state index contributed by atoms with van der Waals surface area (Å²) in [5.41, 5.74) is 4.01. The van der Waals surface area contributed by atoms with E-state index < -0.39 is 0 Å². The monoisotopic (exact) mass is 445 g/mol. The van der Waals surface area contributed by atoms with Crippen LogP contribution in [-0.2, 0) is 17.6 Å². The maximum absolute atomic E-state index is 12.1. The topological polar surface area (TPSA) is 39.2 Å². The molecule has 0 saturated heterocycles. The van der Waals surface area contributed by atoms with Crippen molar-refractivity contribution in [2.45, 2.75) is 44.9 Å². The number of carbonyl (C=O) groups is 1. The number of aromatic nitrogens is 1. The van der Waals surface area contributed by atoms with Crippen molar-refractivity contribution in [3.05, 3.63) is 95.8 Å². The van der Waals surface area contributed by atoms with Crippen molar-refractivity contribution in [3.8, 4) is 5.75 Å². The van der Waals surface area contributed by atoms with E-state index in [1.165, 1.54) is 32.7 Å². The maximum atomic E-state index is 12.1. The Labute approximate surface area is 199 Å². The fourth-order valence-electron chi connectivity index (χ4n) is 5.57. The number of pyridine rings is 1. The minimum atomic E-state index is -0.201. The molecule has 0 N–H and O–H groups in total. The van der Waals surface area contributed by atoms with Crippen molar-refractivity contribution in [1.82, 2.24) is 4.98 Å². The van der Waals surface area contributed by atoms with Crippen molar-refractivity contribution in [2.24, 2.45) is 0 Å². The predicted molar refractivity (Wildman–Crippen MR) is 139 cm³/mol. The van der Waals surface area contributed by atoms with Gasteiger partial charge in [0.25, 0.3) is 0 Å². The van der Waals surface area contributed by atoms with Crippen molar-refractivity contribution in [2.75, 3.05) is 0 Å². The van der Waals surface area contributed by atoms with Gasteiger partial charge in [0.15, 0.2) is 5.75 Å². The first-order chi connectivity index (χ1) is 16.7. The van der Waals surface area contributed by atoms with Gasteiger partial charge in [0, 0.05) is 23.1 Å². The molecule has 1 atom stereocenters. The Kier molecular flexibility index (Phi) is 5.26. The lowest BCUT2D eigenvalue weighted by molar-refractivity contribution is -0.134. The molecule has 34 heavy (non-hydrogen) atoms. The fourth-order valence-corrected chi connectivity index (χ4v) is 5.57. The standard InChI is InChI=1S/C31H27NO2/c1-2-7-30(33)34-29-19-32-31(28-11-6-5-10-27(28)29)22-14-15-24-21(18-22)13-17-25-23-9-4-3-8-20(23)12-16-26(24)25/h3-6,8-13,16-17,19,22H,2,7,14-15,18H2,1H3. The van der Waals surface area contributed by atoms with Gasteiger partial charge in [0.2, 0.25) is 0 Å². The molecule has 3 heteroatoms. The number of hydrogen-bond acceptors (Lipinski definition) is 3. The minimum Gasteiger partial charge on any atom is -0.424 e. The van der Waals surface area contributed by atoms with E-state index in [9.17, 15) is 4.79 Å². The molecule has 0 bridgehead atoms. The summed E-state index contributed by atoms with van der Waals surface area (Å²) in [6, 6.07) is 26.0. The molecule has 0 fully saturated rings. The summed E-state index contributed by atoms with van der Waals surface area (Å²) in [6.45, 7) is 1.98. The Morgan fingerprint density at radius 3 is 2.50 bits per heavy atom. The van der Waals surface area contributed by atoms with Crippen LogP contribution in [0.4, 0.5) is 0 Å². The van der Waals surface area contributed by atoms with E-state index in [1.807, 2.05) is 25.1 Å². The second-order valence-electron chi connectivity index (χ2n) is 9.30. The van der Waals surface area contributed by atoms with Crippen LogP contribution >= 0.6 is 0 Å². The van der Waals surface area contributed by atoms with Crippen LogP contribution in [0.3, 0.4) is 0 Å². The van der Waals surface area contributed by atoms with Gasteiger partial charge >= 0.3 is 5.97 Å². The van der Waals surface area contributed by atoms with Gasteiger partial charge in [-0.2, -0.15) is 0 Å². The molecule has 168 valence electrons. The van der Waals surface area contributed by atoms with Crippen LogP contribution in [0.15, 0.2) is 79.0 Å². The summed E-state index contributed by atoms with van der Waals surface area (Å²) in [4.78, 5) is 17.0. The Bertz CT molecular complexity index is 1550. The van der Waals surface area contributed by atoms with Crippen LogP contribution < -0.4 is 4.74 Å². The maximum Gasteiger partial charge on any atom is 0.311 e. The minimum absolute atomic E-state index is 0.201. The number of carbonyl (C=O) groups excluding carboxylic acids is 1. The van der Waals surface area contributed by atoms with Crippen molar-refractivity contribution < 1.29 is 9.53 Å². The Hall–Kier alpha value is -3.72. The van der Waals surface area contributed by atoms with Crippen LogP contribution in [0.2, 0.25) is 0 Å². The van der Waals surface area contributed by atoms with Gasteiger partial charge in [0.1, 0.15) is 0 Å². The molecule has 0 aliphatic heterocycles. The predicted octanol–water partition coefficient (Wildman–Crippen LogP) is 7.52. The number of fused-ring (bicyclic) bond motifs is 6. The van der Waals surface area contributed by atoms with Gasteiger partial charge in [-0.3, -0.25) is 9.78 Å². The molecule has 4 aromatic carbocycles. The van der Waals surface area contributed by atoms with E-state index in [2.05, 4.69) is 54.6 Å². The molecule has 3 nitrogen and oxygen atoms in total.